The van der Waals surface area contributed by atoms with Crippen molar-refractivity contribution in [3.63, 3.8) is 0 Å². The lowest BCUT2D eigenvalue weighted by atomic mass is 9.92. The molecule has 316 valence electrons. The van der Waals surface area contributed by atoms with E-state index in [-0.39, 0.29) is 48.1 Å². The highest BCUT2D eigenvalue weighted by Crippen LogP contribution is 2.35. The number of piperidine rings is 2. The standard InChI is InChI=1S/C42H48ClFN10O6/c1-25(2)54-32-7-4-28(18-26(32)20-34(40(54)59)60-23-36(56)45-3)47-37-31(43)21-46-41(49-37)52-16-14-50(15-17-52)24-42(44)10-12-51(13-11-42)29-5-6-30-27(19-29)22-53(39(30)58)33-8-9-35(55)48-38(33)57/h4-7,18-21,25,33H,8-17,22-24H2,1-3H3,(H,45,56)(H,46,47,49)(H,48,55,57). The molecule has 0 saturated carbocycles. The van der Waals surface area contributed by atoms with Crippen LogP contribution in [0.1, 0.15) is 61.5 Å². The fourth-order valence-corrected chi connectivity index (χ4v) is 8.69. The molecule has 16 nitrogen and oxygen atoms in total. The molecule has 3 fully saturated rings. The summed E-state index contributed by atoms with van der Waals surface area (Å²) in [7, 11) is 1.50. The van der Waals surface area contributed by atoms with Gasteiger partial charge in [-0.2, -0.15) is 4.98 Å². The van der Waals surface area contributed by atoms with Crippen LogP contribution in [-0.4, -0.2) is 119 Å². The minimum Gasteiger partial charge on any atom is -0.478 e. The van der Waals surface area contributed by atoms with Crippen LogP contribution in [0.4, 0.5) is 27.5 Å². The van der Waals surface area contributed by atoms with Crippen LogP contribution in [0.15, 0.2) is 53.5 Å². The summed E-state index contributed by atoms with van der Waals surface area (Å²) in [5.74, 6) is -0.335. The number of alkyl halides is 1. The van der Waals surface area contributed by atoms with Crippen LogP contribution in [0.2, 0.25) is 5.02 Å². The summed E-state index contributed by atoms with van der Waals surface area (Å²) in [5.41, 5.74) is 2.03. The van der Waals surface area contributed by atoms with Gasteiger partial charge in [0.15, 0.2) is 18.2 Å². The van der Waals surface area contributed by atoms with E-state index in [1.165, 1.54) is 7.05 Å². The van der Waals surface area contributed by atoms with Crippen LogP contribution in [0, 0.1) is 0 Å². The maximum absolute atomic E-state index is 16.4. The smallest absolute Gasteiger partial charge is 0.293 e. The van der Waals surface area contributed by atoms with Crippen molar-refractivity contribution < 1.29 is 28.3 Å². The molecule has 1 atom stereocenters. The number of fused-ring (bicyclic) bond motifs is 2. The second-order valence-corrected chi connectivity index (χ2v) is 16.6. The lowest BCUT2D eigenvalue weighted by molar-refractivity contribution is -0.137. The van der Waals surface area contributed by atoms with Gasteiger partial charge in [0.05, 0.1) is 11.7 Å². The number of pyridine rings is 1. The van der Waals surface area contributed by atoms with Crippen molar-refractivity contribution in [2.24, 2.45) is 0 Å². The SMILES string of the molecule is CNC(=O)COc1cc2cc(Nc3nc(N4CCN(CC5(F)CCN(c6ccc7c(c6)CN(C6CCC(=O)NC6=O)C7=O)CC5)CC4)ncc3Cl)ccc2n(C(C)C)c1=O. The first-order valence-corrected chi connectivity index (χ1v) is 20.7. The Kier molecular flexibility index (Phi) is 11.4. The average molecular weight is 843 g/mol. The number of piperazine rings is 1. The normalized spacial score (nSPS) is 19.5. The maximum atomic E-state index is 16.4. The zero-order valence-corrected chi connectivity index (χ0v) is 34.6. The summed E-state index contributed by atoms with van der Waals surface area (Å²) < 4.78 is 23.6. The molecule has 4 aliphatic rings. The van der Waals surface area contributed by atoms with Gasteiger partial charge in [0.2, 0.25) is 17.8 Å². The number of nitrogens with one attached hydrogen (secondary N) is 3. The van der Waals surface area contributed by atoms with Crippen LogP contribution >= 0.6 is 11.6 Å². The summed E-state index contributed by atoms with van der Waals surface area (Å²) >= 11 is 6.57. The van der Waals surface area contributed by atoms with Gasteiger partial charge in [0.25, 0.3) is 17.4 Å². The molecule has 4 aromatic rings. The van der Waals surface area contributed by atoms with E-state index in [0.29, 0.717) is 105 Å². The second-order valence-electron chi connectivity index (χ2n) is 16.1. The molecular weight excluding hydrogens is 795 g/mol. The van der Waals surface area contributed by atoms with Crippen LogP contribution < -0.4 is 36.0 Å². The van der Waals surface area contributed by atoms with Gasteiger partial charge in [0, 0.05) is 107 Å². The number of likely N-dealkylation sites (N-methyl/N-ethyl adjacent to an activating group) is 1. The number of ether oxygens (including phenoxy) is 1. The van der Waals surface area contributed by atoms with Crippen LogP contribution in [0.5, 0.6) is 5.75 Å². The largest absolute Gasteiger partial charge is 0.478 e. The number of anilines is 4. The van der Waals surface area contributed by atoms with Gasteiger partial charge < -0.3 is 34.6 Å². The van der Waals surface area contributed by atoms with Gasteiger partial charge in [0.1, 0.15) is 16.7 Å². The van der Waals surface area contributed by atoms with Gasteiger partial charge in [-0.15, -0.1) is 0 Å². The summed E-state index contributed by atoms with van der Waals surface area (Å²) in [4.78, 5) is 79.5. The molecule has 4 aliphatic heterocycles. The number of amides is 4. The summed E-state index contributed by atoms with van der Waals surface area (Å²) in [5, 5.41) is 9.17. The van der Waals surface area contributed by atoms with E-state index < -0.39 is 17.6 Å². The number of carbonyl (C=O) groups excluding carboxylic acids is 4. The lowest BCUT2D eigenvalue weighted by Gasteiger charge is -2.42. The molecule has 3 N–H and O–H groups in total. The third-order valence-electron chi connectivity index (χ3n) is 11.8. The Morgan fingerprint density at radius 2 is 1.78 bits per heavy atom. The van der Waals surface area contributed by atoms with Crippen LogP contribution in [-0.2, 0) is 20.9 Å². The molecule has 3 saturated heterocycles. The number of halogens is 2. The molecular formula is C42H48ClFN10O6. The van der Waals surface area contributed by atoms with E-state index in [4.69, 9.17) is 21.3 Å². The van der Waals surface area contributed by atoms with E-state index in [9.17, 15) is 24.0 Å². The highest BCUT2D eigenvalue weighted by Gasteiger charge is 2.41. The number of hydrogen-bond donors (Lipinski definition) is 3. The van der Waals surface area contributed by atoms with Gasteiger partial charge in [-0.3, -0.25) is 34.2 Å². The van der Waals surface area contributed by atoms with Crippen molar-refractivity contribution in [1.29, 1.82) is 0 Å². The molecule has 6 heterocycles. The number of carbonyl (C=O) groups is 4. The van der Waals surface area contributed by atoms with Gasteiger partial charge in [-0.25, -0.2) is 9.37 Å². The fourth-order valence-electron chi connectivity index (χ4n) is 8.55. The Balaban J connectivity index is 0.862. The summed E-state index contributed by atoms with van der Waals surface area (Å²) in [6.45, 7) is 7.72. The van der Waals surface area contributed by atoms with Gasteiger partial charge in [-0.05, 0) is 68.3 Å². The molecule has 60 heavy (non-hydrogen) atoms. The van der Waals surface area contributed by atoms with E-state index in [2.05, 4.69) is 35.6 Å². The number of imide groups is 1. The van der Waals surface area contributed by atoms with Crippen molar-refractivity contribution in [1.82, 2.24) is 35.0 Å². The zero-order valence-electron chi connectivity index (χ0n) is 33.8. The third kappa shape index (κ3) is 8.32. The van der Waals surface area contributed by atoms with E-state index in [1.807, 2.05) is 44.2 Å². The van der Waals surface area contributed by atoms with Crippen molar-refractivity contribution in [3.8, 4) is 5.75 Å². The molecule has 0 spiro atoms. The summed E-state index contributed by atoms with van der Waals surface area (Å²) in [6.07, 6.45) is 2.81. The molecule has 0 radical (unpaired) electrons. The number of benzene rings is 2. The third-order valence-corrected chi connectivity index (χ3v) is 12.1. The first-order chi connectivity index (χ1) is 28.8. The van der Waals surface area contributed by atoms with E-state index >= 15 is 4.39 Å². The minimum absolute atomic E-state index is 0.0694. The number of nitrogens with zero attached hydrogens (tertiary/aromatic N) is 7. The zero-order chi connectivity index (χ0) is 42.3. The van der Waals surface area contributed by atoms with Gasteiger partial charge in [-0.1, -0.05) is 11.6 Å². The molecule has 8 rings (SSSR count). The lowest BCUT2D eigenvalue weighted by Crippen LogP contribution is -2.54. The van der Waals surface area contributed by atoms with Crippen LogP contribution in [0.25, 0.3) is 10.9 Å². The Morgan fingerprint density at radius 1 is 1.02 bits per heavy atom. The highest BCUT2D eigenvalue weighted by atomic mass is 35.5. The van der Waals surface area contributed by atoms with Crippen molar-refractivity contribution in [2.45, 2.75) is 63.8 Å². The first kappa shape index (κ1) is 40.9. The maximum Gasteiger partial charge on any atom is 0.293 e. The number of hydrogen-bond acceptors (Lipinski definition) is 12. The van der Waals surface area contributed by atoms with Crippen molar-refractivity contribution in [3.05, 3.63) is 75.2 Å². The monoisotopic (exact) mass is 842 g/mol. The first-order valence-electron chi connectivity index (χ1n) is 20.3. The highest BCUT2D eigenvalue weighted by molar-refractivity contribution is 6.33. The van der Waals surface area contributed by atoms with Crippen LogP contribution in [0.3, 0.4) is 0 Å². The molecule has 1 unspecified atom stereocenters. The molecule has 4 amide bonds. The molecule has 2 aromatic heterocycles. The Bertz CT molecular complexity index is 2410. The Hall–Kier alpha value is -5.81. The van der Waals surface area contributed by atoms with Crippen molar-refractivity contribution >= 4 is 69.3 Å². The minimum atomic E-state index is -1.34. The van der Waals surface area contributed by atoms with E-state index in [1.54, 1.807) is 27.8 Å². The molecule has 18 heteroatoms. The predicted molar refractivity (Wildman–Crippen MR) is 225 cm³/mol. The molecule has 0 bridgehead atoms. The molecule has 2 aromatic carbocycles. The van der Waals surface area contributed by atoms with Crippen molar-refractivity contribution in [2.75, 3.05) is 74.6 Å². The summed E-state index contributed by atoms with van der Waals surface area (Å²) in [6, 6.07) is 12.0. The quantitative estimate of drug-likeness (QED) is 0.187. The number of rotatable bonds is 11. The fraction of sp³-hybridized carbons (Fsp3) is 0.452. The average Bonchev–Trinajstić information content (AvgIpc) is 3.55. The number of aromatic nitrogens is 3. The Morgan fingerprint density at radius 3 is 2.50 bits per heavy atom. The van der Waals surface area contributed by atoms with Gasteiger partial charge >= 0.3 is 0 Å². The van der Waals surface area contributed by atoms with E-state index in [0.717, 1.165) is 16.6 Å². The molecule has 0 aliphatic carbocycles. The second kappa shape index (κ2) is 16.7. The predicted octanol–water partition coefficient (Wildman–Crippen LogP) is 3.79. The topological polar surface area (TPSA) is 174 Å². The Labute approximate surface area is 351 Å².